The van der Waals surface area contributed by atoms with E-state index < -0.39 is 0 Å². The Hall–Kier alpha value is -1.27. The number of rotatable bonds is 4. The molecule has 0 aliphatic rings. The lowest BCUT2D eigenvalue weighted by molar-refractivity contribution is 0.108. The van der Waals surface area contributed by atoms with Crippen molar-refractivity contribution in [3.8, 4) is 6.07 Å². The molecule has 0 heterocycles. The first kappa shape index (κ1) is 12.8. The van der Waals surface area contributed by atoms with Crippen LogP contribution < -0.4 is 0 Å². The Morgan fingerprint density at radius 1 is 1.44 bits per heavy atom. The summed E-state index contributed by atoms with van der Waals surface area (Å²) in [6.07, 6.45) is 1.27. The van der Waals surface area contributed by atoms with E-state index in [1.165, 1.54) is 11.8 Å². The first-order valence-electron chi connectivity index (χ1n) is 5.32. The van der Waals surface area contributed by atoms with Gasteiger partial charge >= 0.3 is 0 Å². The fourth-order valence-electron chi connectivity index (χ4n) is 1.28. The van der Waals surface area contributed by atoms with Crippen molar-refractivity contribution in [1.82, 2.24) is 0 Å². The zero-order valence-electron chi connectivity index (χ0n) is 9.56. The van der Waals surface area contributed by atoms with Crippen LogP contribution in [-0.2, 0) is 0 Å². The molecule has 1 aromatic rings. The molecule has 0 aromatic heterocycles. The van der Waals surface area contributed by atoms with Crippen LogP contribution in [0, 0.1) is 18.3 Å². The van der Waals surface area contributed by atoms with Crippen molar-refractivity contribution in [1.29, 1.82) is 5.26 Å². The molecule has 0 spiro atoms. The van der Waals surface area contributed by atoms with Gasteiger partial charge in [0.2, 0.25) is 5.12 Å². The predicted molar refractivity (Wildman–Crippen MR) is 67.4 cm³/mol. The third kappa shape index (κ3) is 3.71. The molecule has 1 rings (SSSR count). The molecule has 0 radical (unpaired) electrons. The minimum absolute atomic E-state index is 0.0575. The van der Waals surface area contributed by atoms with Crippen LogP contribution in [0.5, 0.6) is 0 Å². The summed E-state index contributed by atoms with van der Waals surface area (Å²) in [6, 6.07) is 9.64. The Morgan fingerprint density at radius 3 is 2.56 bits per heavy atom. The van der Waals surface area contributed by atoms with Crippen molar-refractivity contribution in [2.45, 2.75) is 31.9 Å². The summed E-state index contributed by atoms with van der Waals surface area (Å²) in [5.41, 5.74) is 1.86. The summed E-state index contributed by atoms with van der Waals surface area (Å²) in [6.45, 7) is 3.99. The maximum atomic E-state index is 11.9. The molecule has 0 fully saturated rings. The Bertz CT molecular complexity index is 391. The Balaban J connectivity index is 2.65. The lowest BCUT2D eigenvalue weighted by Gasteiger charge is -2.09. The van der Waals surface area contributed by atoms with E-state index in [9.17, 15) is 4.79 Å². The highest BCUT2D eigenvalue weighted by atomic mass is 32.2. The van der Waals surface area contributed by atoms with Gasteiger partial charge in [0.15, 0.2) is 0 Å². The van der Waals surface area contributed by atoms with Gasteiger partial charge in [0, 0.05) is 17.2 Å². The maximum absolute atomic E-state index is 11.9. The van der Waals surface area contributed by atoms with Crippen LogP contribution in [-0.4, -0.2) is 10.4 Å². The number of thioether (sulfide) groups is 1. The number of carbonyl (C=O) groups excluding carboxylic acids is 1. The molecule has 0 bridgehead atoms. The number of nitriles is 1. The average Bonchev–Trinajstić information content (AvgIpc) is 2.29. The van der Waals surface area contributed by atoms with Crippen molar-refractivity contribution in [2.24, 2.45) is 0 Å². The minimum Gasteiger partial charge on any atom is -0.282 e. The van der Waals surface area contributed by atoms with Gasteiger partial charge in [-0.1, -0.05) is 48.5 Å². The average molecular weight is 233 g/mol. The van der Waals surface area contributed by atoms with Crippen molar-refractivity contribution in [2.75, 3.05) is 0 Å². The monoisotopic (exact) mass is 233 g/mol. The summed E-state index contributed by atoms with van der Waals surface area (Å²) in [5, 5.41) is 8.78. The lowest BCUT2D eigenvalue weighted by Crippen LogP contribution is -2.05. The largest absolute Gasteiger partial charge is 0.282 e. The molecule has 1 aromatic carbocycles. The number of carbonyl (C=O) groups is 1. The van der Waals surface area contributed by atoms with Crippen LogP contribution in [0.1, 0.15) is 35.7 Å². The van der Waals surface area contributed by atoms with Gasteiger partial charge in [0.05, 0.1) is 6.07 Å². The zero-order valence-corrected chi connectivity index (χ0v) is 10.4. The number of nitrogens with zero attached hydrogens (tertiary/aromatic N) is 1. The van der Waals surface area contributed by atoms with Crippen LogP contribution >= 0.6 is 11.8 Å². The molecule has 16 heavy (non-hydrogen) atoms. The second-order valence-electron chi connectivity index (χ2n) is 3.66. The Kier molecular flexibility index (Phi) is 5.07. The number of hydrogen-bond donors (Lipinski definition) is 0. The number of benzene rings is 1. The summed E-state index contributed by atoms with van der Waals surface area (Å²) < 4.78 is 0. The molecule has 3 heteroatoms. The highest BCUT2D eigenvalue weighted by molar-refractivity contribution is 8.14. The molecule has 0 aliphatic carbocycles. The molecule has 0 aliphatic heterocycles. The van der Waals surface area contributed by atoms with Gasteiger partial charge in [0.1, 0.15) is 0 Å². The summed E-state index contributed by atoms with van der Waals surface area (Å²) in [5.74, 6) is 0. The molecule has 84 valence electrons. The fourth-order valence-corrected chi connectivity index (χ4v) is 2.18. The van der Waals surface area contributed by atoms with E-state index in [0.717, 1.165) is 12.0 Å². The molecule has 2 nitrogen and oxygen atoms in total. The van der Waals surface area contributed by atoms with Gasteiger partial charge in [-0.25, -0.2) is 0 Å². The Labute approximate surface area is 101 Å². The van der Waals surface area contributed by atoms with Crippen molar-refractivity contribution < 1.29 is 4.79 Å². The van der Waals surface area contributed by atoms with Crippen LogP contribution in [0.4, 0.5) is 0 Å². The normalized spacial score (nSPS) is 11.8. The molecule has 0 saturated carbocycles. The van der Waals surface area contributed by atoms with Gasteiger partial charge in [0.25, 0.3) is 0 Å². The highest BCUT2D eigenvalue weighted by Gasteiger charge is 2.13. The highest BCUT2D eigenvalue weighted by Crippen LogP contribution is 2.22. The van der Waals surface area contributed by atoms with Gasteiger partial charge in [-0.3, -0.25) is 4.79 Å². The van der Waals surface area contributed by atoms with E-state index in [4.69, 9.17) is 5.26 Å². The lowest BCUT2D eigenvalue weighted by atomic mass is 10.2. The molecule has 1 unspecified atom stereocenters. The summed E-state index contributed by atoms with van der Waals surface area (Å²) in [4.78, 5) is 11.9. The molecule has 1 atom stereocenters. The van der Waals surface area contributed by atoms with Gasteiger partial charge in [-0.05, 0) is 13.3 Å². The molecular formula is C13H15NOS. The second-order valence-corrected chi connectivity index (χ2v) is 4.94. The van der Waals surface area contributed by atoms with Crippen molar-refractivity contribution >= 4 is 16.9 Å². The van der Waals surface area contributed by atoms with E-state index >= 15 is 0 Å². The topological polar surface area (TPSA) is 40.9 Å². The van der Waals surface area contributed by atoms with Crippen LogP contribution in [0.15, 0.2) is 24.3 Å². The second kappa shape index (κ2) is 6.34. The van der Waals surface area contributed by atoms with Gasteiger partial charge in [-0.2, -0.15) is 5.26 Å². The number of hydrogen-bond acceptors (Lipinski definition) is 3. The van der Waals surface area contributed by atoms with E-state index in [2.05, 4.69) is 6.07 Å². The first-order valence-corrected chi connectivity index (χ1v) is 6.20. The maximum Gasteiger partial charge on any atom is 0.219 e. The van der Waals surface area contributed by atoms with E-state index in [0.29, 0.717) is 12.0 Å². The third-order valence-electron chi connectivity index (χ3n) is 2.34. The zero-order chi connectivity index (χ0) is 12.0. The van der Waals surface area contributed by atoms with E-state index in [1.807, 2.05) is 38.1 Å². The summed E-state index contributed by atoms with van der Waals surface area (Å²) in [7, 11) is 0. The molecule has 0 N–H and O–H groups in total. The minimum atomic E-state index is 0.0575. The van der Waals surface area contributed by atoms with Crippen molar-refractivity contribution in [3.05, 3.63) is 35.4 Å². The molecule has 0 saturated heterocycles. The quantitative estimate of drug-likeness (QED) is 0.798. The third-order valence-corrected chi connectivity index (χ3v) is 3.62. The van der Waals surface area contributed by atoms with Gasteiger partial charge < -0.3 is 0 Å². The van der Waals surface area contributed by atoms with Crippen molar-refractivity contribution in [3.63, 3.8) is 0 Å². The van der Waals surface area contributed by atoms with Crippen LogP contribution in [0.25, 0.3) is 0 Å². The molecule has 0 amide bonds. The Morgan fingerprint density at radius 2 is 2.06 bits per heavy atom. The first-order chi connectivity index (χ1) is 7.67. The number of aryl methyl sites for hydroxylation is 1. The van der Waals surface area contributed by atoms with E-state index in [1.54, 1.807) is 0 Å². The van der Waals surface area contributed by atoms with Gasteiger partial charge in [-0.15, -0.1) is 0 Å². The van der Waals surface area contributed by atoms with E-state index in [-0.39, 0.29) is 10.4 Å². The van der Waals surface area contributed by atoms with Crippen LogP contribution in [0.2, 0.25) is 0 Å². The standard InChI is InChI=1S/C13H15NOS/c1-3-12(8-9-14)16-13(15)11-6-4-10(2)5-7-11/h4-7,12H,3,8H2,1-2H3. The molecular weight excluding hydrogens is 218 g/mol. The predicted octanol–water partition coefficient (Wildman–Crippen LogP) is 3.56. The fraction of sp³-hybridized carbons (Fsp3) is 0.385. The smallest absolute Gasteiger partial charge is 0.219 e. The SMILES string of the molecule is CCC(CC#N)SC(=O)c1ccc(C)cc1. The van der Waals surface area contributed by atoms with Crippen LogP contribution in [0.3, 0.4) is 0 Å². The summed E-state index contributed by atoms with van der Waals surface area (Å²) >= 11 is 1.27.